The summed E-state index contributed by atoms with van der Waals surface area (Å²) in [4.78, 5) is 2.00. The lowest BCUT2D eigenvalue weighted by Gasteiger charge is -2.36. The summed E-state index contributed by atoms with van der Waals surface area (Å²) >= 11 is 0. The minimum Gasteiger partial charge on any atom is -0.314 e. The monoisotopic (exact) mass is 424 g/mol. The van der Waals surface area contributed by atoms with Gasteiger partial charge in [0.15, 0.2) is 0 Å². The highest BCUT2D eigenvalue weighted by Gasteiger charge is 2.41. The van der Waals surface area contributed by atoms with Gasteiger partial charge in [-0.15, -0.1) is 24.8 Å². The maximum Gasteiger partial charge on any atom is 0.416 e. The molecule has 2 fully saturated rings. The molecule has 0 aromatic heterocycles. The molecule has 1 N–H and O–H groups in total. The van der Waals surface area contributed by atoms with Crippen molar-refractivity contribution in [2.45, 2.75) is 31.2 Å². The third-order valence-corrected chi connectivity index (χ3v) is 4.57. The first kappa shape index (κ1) is 23.3. The van der Waals surface area contributed by atoms with E-state index in [4.69, 9.17) is 0 Å². The van der Waals surface area contributed by atoms with E-state index in [-0.39, 0.29) is 48.4 Å². The van der Waals surface area contributed by atoms with E-state index in [0.29, 0.717) is 26.2 Å². The Bertz CT molecular complexity index is 563. The Labute approximate surface area is 160 Å². The van der Waals surface area contributed by atoms with Gasteiger partial charge in [-0.25, -0.2) is 0 Å². The summed E-state index contributed by atoms with van der Waals surface area (Å²) in [6, 6.07) is 1.60. The van der Waals surface area contributed by atoms with Gasteiger partial charge in [0.25, 0.3) is 0 Å². The molecule has 1 aliphatic carbocycles. The molecule has 2 nitrogen and oxygen atoms in total. The van der Waals surface area contributed by atoms with Crippen LogP contribution in [0.5, 0.6) is 0 Å². The van der Waals surface area contributed by atoms with Crippen molar-refractivity contribution in [2.75, 3.05) is 26.2 Å². The number of hydrogen-bond donors (Lipinski definition) is 1. The minimum absolute atomic E-state index is 0. The molecule has 26 heavy (non-hydrogen) atoms. The van der Waals surface area contributed by atoms with Gasteiger partial charge in [0.05, 0.1) is 11.1 Å². The number of nitrogens with one attached hydrogen (secondary N) is 1. The van der Waals surface area contributed by atoms with Gasteiger partial charge in [-0.2, -0.15) is 26.3 Å². The van der Waals surface area contributed by atoms with Gasteiger partial charge in [0.2, 0.25) is 0 Å². The second kappa shape index (κ2) is 8.54. The maximum absolute atomic E-state index is 13.1. The number of piperazine rings is 1. The molecule has 1 saturated heterocycles. The second-order valence-electron chi connectivity index (χ2n) is 6.41. The van der Waals surface area contributed by atoms with Gasteiger partial charge in [-0.3, -0.25) is 4.90 Å². The largest absolute Gasteiger partial charge is 0.416 e. The molecule has 1 aliphatic heterocycles. The van der Waals surface area contributed by atoms with E-state index in [1.807, 2.05) is 4.90 Å². The Hall–Kier alpha value is -0.700. The highest BCUT2D eigenvalue weighted by molar-refractivity contribution is 5.85. The first-order chi connectivity index (χ1) is 11.2. The van der Waals surface area contributed by atoms with E-state index in [1.54, 1.807) is 0 Å². The second-order valence-corrected chi connectivity index (χ2v) is 6.41. The SMILES string of the molecule is Cl.Cl.FC(F)(F)c1cc([C@H](C2CC2)N2CCNCC2)cc(C(F)(F)F)c1. The van der Waals surface area contributed by atoms with E-state index in [1.165, 1.54) is 0 Å². The maximum atomic E-state index is 13.1. The lowest BCUT2D eigenvalue weighted by molar-refractivity contribution is -0.143. The number of rotatable bonds is 3. The lowest BCUT2D eigenvalue weighted by Crippen LogP contribution is -2.45. The quantitative estimate of drug-likeness (QED) is 0.692. The summed E-state index contributed by atoms with van der Waals surface area (Å²) in [6.45, 7) is 2.63. The zero-order chi connectivity index (χ0) is 17.5. The van der Waals surface area contributed by atoms with Crippen molar-refractivity contribution in [2.24, 2.45) is 5.92 Å². The van der Waals surface area contributed by atoms with Gasteiger partial charge < -0.3 is 5.32 Å². The molecular weight excluding hydrogens is 405 g/mol. The highest BCUT2D eigenvalue weighted by atomic mass is 35.5. The smallest absolute Gasteiger partial charge is 0.314 e. The van der Waals surface area contributed by atoms with Crippen molar-refractivity contribution in [3.8, 4) is 0 Å². The van der Waals surface area contributed by atoms with Crippen molar-refractivity contribution < 1.29 is 26.3 Å². The van der Waals surface area contributed by atoms with Gasteiger partial charge >= 0.3 is 12.4 Å². The molecule has 1 atom stereocenters. The van der Waals surface area contributed by atoms with Crippen LogP contribution in [0.2, 0.25) is 0 Å². The van der Waals surface area contributed by atoms with Crippen molar-refractivity contribution in [3.05, 3.63) is 34.9 Å². The molecule has 0 spiro atoms. The summed E-state index contributed by atoms with van der Waals surface area (Å²) in [7, 11) is 0. The van der Waals surface area contributed by atoms with E-state index < -0.39 is 23.5 Å². The van der Waals surface area contributed by atoms with Crippen LogP contribution < -0.4 is 5.32 Å². The lowest BCUT2D eigenvalue weighted by atomic mass is 9.95. The van der Waals surface area contributed by atoms with Gasteiger partial charge in [0, 0.05) is 32.2 Å². The summed E-state index contributed by atoms with van der Waals surface area (Å²) in [5, 5.41) is 3.15. The van der Waals surface area contributed by atoms with Gasteiger partial charge in [-0.05, 0) is 42.5 Å². The molecule has 3 rings (SSSR count). The zero-order valence-electron chi connectivity index (χ0n) is 13.7. The molecule has 1 aromatic carbocycles. The van der Waals surface area contributed by atoms with Crippen LogP contribution in [-0.2, 0) is 12.4 Å². The van der Waals surface area contributed by atoms with E-state index in [2.05, 4.69) is 5.32 Å². The number of alkyl halides is 6. The predicted molar refractivity (Wildman–Crippen MR) is 90.8 cm³/mol. The van der Waals surface area contributed by atoms with Crippen molar-refractivity contribution >= 4 is 24.8 Å². The molecule has 0 amide bonds. The number of hydrogen-bond acceptors (Lipinski definition) is 2. The first-order valence-electron chi connectivity index (χ1n) is 7.90. The van der Waals surface area contributed by atoms with Crippen LogP contribution in [0, 0.1) is 5.92 Å². The Kier molecular flexibility index (Phi) is 7.67. The third-order valence-electron chi connectivity index (χ3n) is 4.57. The van der Waals surface area contributed by atoms with Crippen molar-refractivity contribution in [1.29, 1.82) is 0 Å². The number of nitrogens with zero attached hydrogens (tertiary/aromatic N) is 1. The minimum atomic E-state index is -4.80. The van der Waals surface area contributed by atoms with Crippen LogP contribution in [-0.4, -0.2) is 31.1 Å². The fraction of sp³-hybridized carbons (Fsp3) is 0.625. The Morgan fingerprint density at radius 2 is 1.31 bits per heavy atom. The topological polar surface area (TPSA) is 15.3 Å². The van der Waals surface area contributed by atoms with Gasteiger partial charge in [0.1, 0.15) is 0 Å². The van der Waals surface area contributed by atoms with Crippen LogP contribution in [0.1, 0.15) is 35.6 Å². The van der Waals surface area contributed by atoms with Crippen LogP contribution in [0.4, 0.5) is 26.3 Å². The molecular formula is C16H20Cl2F6N2. The van der Waals surface area contributed by atoms with Crippen molar-refractivity contribution in [3.63, 3.8) is 0 Å². The standard InChI is InChI=1S/C16H18F6N2.2ClH/c17-15(18,19)12-7-11(8-13(9-12)16(20,21)22)14(10-1-2-10)24-5-3-23-4-6-24;;/h7-10,14,23H,1-6H2;2*1H/t14-;;/m0../s1. The number of halogens is 8. The fourth-order valence-electron chi connectivity index (χ4n) is 3.30. The third kappa shape index (κ3) is 5.41. The molecule has 1 saturated carbocycles. The van der Waals surface area contributed by atoms with Crippen LogP contribution in [0.15, 0.2) is 18.2 Å². The molecule has 150 valence electrons. The molecule has 10 heteroatoms. The summed E-state index contributed by atoms with van der Waals surface area (Å²) in [5.41, 5.74) is -2.33. The fourth-order valence-corrected chi connectivity index (χ4v) is 3.30. The van der Waals surface area contributed by atoms with Crippen molar-refractivity contribution in [1.82, 2.24) is 10.2 Å². The summed E-state index contributed by atoms with van der Waals surface area (Å²) < 4.78 is 78.4. The average Bonchev–Trinajstić information content (AvgIpc) is 3.31. The molecule has 2 aliphatic rings. The molecule has 0 unspecified atom stereocenters. The zero-order valence-corrected chi connectivity index (χ0v) is 15.3. The average molecular weight is 425 g/mol. The molecule has 1 aromatic rings. The normalized spacial score (nSPS) is 20.1. The summed E-state index contributed by atoms with van der Waals surface area (Å²) in [6.07, 6.45) is -7.92. The van der Waals surface area contributed by atoms with E-state index >= 15 is 0 Å². The molecule has 0 bridgehead atoms. The van der Waals surface area contributed by atoms with Crippen LogP contribution >= 0.6 is 24.8 Å². The van der Waals surface area contributed by atoms with Gasteiger partial charge in [-0.1, -0.05) is 0 Å². The van der Waals surface area contributed by atoms with E-state index in [9.17, 15) is 26.3 Å². The molecule has 0 radical (unpaired) electrons. The van der Waals surface area contributed by atoms with Crippen LogP contribution in [0.25, 0.3) is 0 Å². The highest BCUT2D eigenvalue weighted by Crippen LogP contribution is 2.47. The Morgan fingerprint density at radius 3 is 1.69 bits per heavy atom. The Morgan fingerprint density at radius 1 is 0.846 bits per heavy atom. The summed E-state index contributed by atoms with van der Waals surface area (Å²) in [5.74, 6) is 0.132. The van der Waals surface area contributed by atoms with E-state index in [0.717, 1.165) is 25.0 Å². The Balaban J connectivity index is 0.00000169. The van der Waals surface area contributed by atoms with Crippen LogP contribution in [0.3, 0.4) is 0 Å². The number of benzene rings is 1. The predicted octanol–water partition coefficient (Wildman–Crippen LogP) is 4.92. The first-order valence-corrected chi connectivity index (χ1v) is 7.90. The molecule has 1 heterocycles.